The van der Waals surface area contributed by atoms with Gasteiger partial charge in [0.15, 0.2) is 0 Å². The highest BCUT2D eigenvalue weighted by Crippen LogP contribution is 2.18. The monoisotopic (exact) mass is 203 g/mol. The van der Waals surface area contributed by atoms with Crippen molar-refractivity contribution < 1.29 is 4.79 Å². The molecule has 0 saturated heterocycles. The lowest BCUT2D eigenvalue weighted by molar-refractivity contribution is -0.107. The summed E-state index contributed by atoms with van der Waals surface area (Å²) in [6, 6.07) is 5.87. The molecule has 4 nitrogen and oxygen atoms in total. The van der Waals surface area contributed by atoms with Crippen molar-refractivity contribution in [1.29, 1.82) is 0 Å². The van der Waals surface area contributed by atoms with Gasteiger partial charge in [-0.15, -0.1) is 0 Å². The number of anilines is 1. The van der Waals surface area contributed by atoms with Gasteiger partial charge in [-0.2, -0.15) is 0 Å². The number of imidazole rings is 1. The van der Waals surface area contributed by atoms with Gasteiger partial charge in [-0.3, -0.25) is 4.40 Å². The second-order valence-corrected chi connectivity index (χ2v) is 3.58. The van der Waals surface area contributed by atoms with E-state index in [-0.39, 0.29) is 0 Å². The smallest absolute Gasteiger partial charge is 0.209 e. The fourth-order valence-electron chi connectivity index (χ4n) is 1.63. The van der Waals surface area contributed by atoms with E-state index in [0.29, 0.717) is 6.42 Å². The highest BCUT2D eigenvalue weighted by atomic mass is 16.1. The molecule has 15 heavy (non-hydrogen) atoms. The molecule has 0 fully saturated rings. The standard InChI is InChI=1S/C11H13N3O/c1-13(2)11-12-9(6-8-15)10-5-3-4-7-14(10)11/h3-5,7-8H,6H2,1-2H3. The van der Waals surface area contributed by atoms with Crippen LogP contribution >= 0.6 is 0 Å². The van der Waals surface area contributed by atoms with E-state index < -0.39 is 0 Å². The maximum absolute atomic E-state index is 10.5. The number of rotatable bonds is 3. The summed E-state index contributed by atoms with van der Waals surface area (Å²) in [6.07, 6.45) is 3.20. The van der Waals surface area contributed by atoms with Gasteiger partial charge >= 0.3 is 0 Å². The molecule has 2 aromatic heterocycles. The van der Waals surface area contributed by atoms with E-state index in [0.717, 1.165) is 23.4 Å². The second-order valence-electron chi connectivity index (χ2n) is 3.58. The molecule has 0 aliphatic carbocycles. The first-order valence-corrected chi connectivity index (χ1v) is 4.81. The van der Waals surface area contributed by atoms with Crippen LogP contribution in [0.3, 0.4) is 0 Å². The molecule has 2 heterocycles. The maximum Gasteiger partial charge on any atom is 0.209 e. The molecule has 4 heteroatoms. The number of nitrogens with zero attached hydrogens (tertiary/aromatic N) is 3. The fourth-order valence-corrected chi connectivity index (χ4v) is 1.63. The van der Waals surface area contributed by atoms with Gasteiger partial charge in [0.2, 0.25) is 5.95 Å². The Morgan fingerprint density at radius 2 is 2.27 bits per heavy atom. The van der Waals surface area contributed by atoms with E-state index in [9.17, 15) is 4.79 Å². The molecule has 0 spiro atoms. The molecule has 0 bridgehead atoms. The molecule has 0 aliphatic heterocycles. The van der Waals surface area contributed by atoms with Gasteiger partial charge in [-0.05, 0) is 12.1 Å². The lowest BCUT2D eigenvalue weighted by atomic mass is 10.3. The van der Waals surface area contributed by atoms with E-state index in [1.807, 2.05) is 47.8 Å². The molecule has 2 aromatic rings. The summed E-state index contributed by atoms with van der Waals surface area (Å²) in [5, 5.41) is 0. The number of aldehydes is 1. The zero-order valence-corrected chi connectivity index (χ0v) is 8.84. The quantitative estimate of drug-likeness (QED) is 0.702. The van der Waals surface area contributed by atoms with Gasteiger partial charge in [0, 0.05) is 26.7 Å². The van der Waals surface area contributed by atoms with Crippen LogP contribution in [-0.2, 0) is 11.2 Å². The van der Waals surface area contributed by atoms with Gasteiger partial charge in [-0.1, -0.05) is 6.07 Å². The van der Waals surface area contributed by atoms with Gasteiger partial charge < -0.3 is 9.69 Å². The Morgan fingerprint density at radius 3 is 2.93 bits per heavy atom. The van der Waals surface area contributed by atoms with Crippen LogP contribution < -0.4 is 4.90 Å². The third kappa shape index (κ3) is 1.58. The lowest BCUT2D eigenvalue weighted by Crippen LogP contribution is -2.12. The van der Waals surface area contributed by atoms with Gasteiger partial charge in [0.25, 0.3) is 0 Å². The van der Waals surface area contributed by atoms with Crippen LogP contribution in [0.4, 0.5) is 5.95 Å². The Labute approximate surface area is 88.2 Å². The average molecular weight is 203 g/mol. The molecule has 0 unspecified atom stereocenters. The van der Waals surface area contributed by atoms with Crippen molar-refractivity contribution in [3.05, 3.63) is 30.1 Å². The van der Waals surface area contributed by atoms with E-state index >= 15 is 0 Å². The molecular formula is C11H13N3O. The van der Waals surface area contributed by atoms with Crippen molar-refractivity contribution in [3.8, 4) is 0 Å². The molecule has 0 aliphatic rings. The van der Waals surface area contributed by atoms with E-state index in [2.05, 4.69) is 4.98 Å². The molecule has 78 valence electrons. The lowest BCUT2D eigenvalue weighted by Gasteiger charge is -2.09. The molecule has 0 aromatic carbocycles. The van der Waals surface area contributed by atoms with Crippen molar-refractivity contribution in [3.63, 3.8) is 0 Å². The fraction of sp³-hybridized carbons (Fsp3) is 0.273. The molecule has 0 amide bonds. The predicted molar refractivity (Wildman–Crippen MR) is 59.3 cm³/mol. The molecular weight excluding hydrogens is 190 g/mol. The number of hydrogen-bond donors (Lipinski definition) is 0. The Bertz CT molecular complexity index is 488. The second kappa shape index (κ2) is 3.73. The number of carbonyl (C=O) groups excluding carboxylic acids is 1. The van der Waals surface area contributed by atoms with Crippen LogP contribution in [-0.4, -0.2) is 29.8 Å². The number of fused-ring (bicyclic) bond motifs is 1. The third-order valence-electron chi connectivity index (χ3n) is 2.28. The minimum atomic E-state index is 0.362. The zero-order chi connectivity index (χ0) is 10.8. The van der Waals surface area contributed by atoms with Crippen LogP contribution in [0.5, 0.6) is 0 Å². The van der Waals surface area contributed by atoms with Gasteiger partial charge in [0.1, 0.15) is 6.29 Å². The summed E-state index contributed by atoms with van der Waals surface area (Å²) in [4.78, 5) is 16.9. The first kappa shape index (κ1) is 9.71. The summed E-state index contributed by atoms with van der Waals surface area (Å²) in [7, 11) is 3.87. The normalized spacial score (nSPS) is 10.5. The Kier molecular flexibility index (Phi) is 2.41. The van der Waals surface area contributed by atoms with E-state index in [4.69, 9.17) is 0 Å². The van der Waals surface area contributed by atoms with Crippen molar-refractivity contribution in [2.75, 3.05) is 19.0 Å². The SMILES string of the molecule is CN(C)c1nc(CC=O)c2ccccn12. The minimum absolute atomic E-state index is 0.362. The van der Waals surface area contributed by atoms with Crippen LogP contribution in [0.15, 0.2) is 24.4 Å². The molecule has 2 rings (SSSR count). The Balaban J connectivity index is 2.67. The third-order valence-corrected chi connectivity index (χ3v) is 2.28. The topological polar surface area (TPSA) is 37.6 Å². The van der Waals surface area contributed by atoms with E-state index in [1.54, 1.807) is 0 Å². The van der Waals surface area contributed by atoms with Crippen molar-refractivity contribution >= 4 is 17.8 Å². The largest absolute Gasteiger partial charge is 0.348 e. The van der Waals surface area contributed by atoms with Crippen LogP contribution in [0.2, 0.25) is 0 Å². The van der Waals surface area contributed by atoms with Crippen molar-refractivity contribution in [2.24, 2.45) is 0 Å². The maximum atomic E-state index is 10.5. The molecule has 0 saturated carbocycles. The van der Waals surface area contributed by atoms with Gasteiger partial charge in [-0.25, -0.2) is 4.98 Å². The van der Waals surface area contributed by atoms with E-state index in [1.165, 1.54) is 0 Å². The molecule has 0 atom stereocenters. The molecule has 0 radical (unpaired) electrons. The first-order chi connectivity index (χ1) is 7.24. The number of pyridine rings is 1. The summed E-state index contributed by atoms with van der Waals surface area (Å²) in [5.41, 5.74) is 1.82. The summed E-state index contributed by atoms with van der Waals surface area (Å²) >= 11 is 0. The number of carbonyl (C=O) groups is 1. The minimum Gasteiger partial charge on any atom is -0.348 e. The van der Waals surface area contributed by atoms with Crippen molar-refractivity contribution in [2.45, 2.75) is 6.42 Å². The average Bonchev–Trinajstić information content (AvgIpc) is 2.59. The highest BCUT2D eigenvalue weighted by Gasteiger charge is 2.10. The summed E-state index contributed by atoms with van der Waals surface area (Å²) in [5.74, 6) is 0.849. The van der Waals surface area contributed by atoms with Crippen LogP contribution in [0.1, 0.15) is 5.69 Å². The van der Waals surface area contributed by atoms with Gasteiger partial charge in [0.05, 0.1) is 11.2 Å². The van der Waals surface area contributed by atoms with Crippen LogP contribution in [0.25, 0.3) is 5.52 Å². The first-order valence-electron chi connectivity index (χ1n) is 4.81. The van der Waals surface area contributed by atoms with Crippen molar-refractivity contribution in [1.82, 2.24) is 9.38 Å². The Morgan fingerprint density at radius 1 is 1.47 bits per heavy atom. The Hall–Kier alpha value is -1.84. The summed E-state index contributed by atoms with van der Waals surface area (Å²) < 4.78 is 1.98. The van der Waals surface area contributed by atoms with Crippen LogP contribution in [0, 0.1) is 0 Å². The zero-order valence-electron chi connectivity index (χ0n) is 8.84. The molecule has 0 N–H and O–H groups in total. The highest BCUT2D eigenvalue weighted by molar-refractivity contribution is 5.65. The number of hydrogen-bond acceptors (Lipinski definition) is 3. The summed E-state index contributed by atoms with van der Waals surface area (Å²) in [6.45, 7) is 0. The predicted octanol–water partition coefficient (Wildman–Crippen LogP) is 1.14. The number of aromatic nitrogens is 2.